The molecule has 7 heteroatoms. The van der Waals surface area contributed by atoms with Crippen molar-refractivity contribution >= 4 is 11.6 Å². The predicted molar refractivity (Wildman–Crippen MR) is 104 cm³/mol. The van der Waals surface area contributed by atoms with Gasteiger partial charge in [0.2, 0.25) is 0 Å². The lowest BCUT2D eigenvalue weighted by Crippen LogP contribution is -2.21. The van der Waals surface area contributed by atoms with E-state index in [0.717, 1.165) is 25.1 Å². The zero-order valence-electron chi connectivity index (χ0n) is 15.1. The molecule has 2 heterocycles. The van der Waals surface area contributed by atoms with Crippen LogP contribution in [0.15, 0.2) is 54.6 Å². The molecule has 0 spiro atoms. The van der Waals surface area contributed by atoms with Gasteiger partial charge in [-0.1, -0.05) is 6.07 Å². The molecule has 1 aliphatic heterocycles. The van der Waals surface area contributed by atoms with Gasteiger partial charge in [-0.2, -0.15) is 10.4 Å². The lowest BCUT2D eigenvalue weighted by atomic mass is 10.1. The molecule has 3 N–H and O–H groups in total. The van der Waals surface area contributed by atoms with Gasteiger partial charge in [0.25, 0.3) is 5.91 Å². The van der Waals surface area contributed by atoms with Gasteiger partial charge in [-0.25, -0.2) is 0 Å². The summed E-state index contributed by atoms with van der Waals surface area (Å²) in [6, 6.07) is 17.7. The second-order valence-corrected chi connectivity index (χ2v) is 6.65. The molecule has 1 aromatic heterocycles. The highest BCUT2D eigenvalue weighted by molar-refractivity contribution is 6.03. The highest BCUT2D eigenvalue weighted by Crippen LogP contribution is 2.26. The van der Waals surface area contributed by atoms with E-state index in [1.807, 2.05) is 4.68 Å². The van der Waals surface area contributed by atoms with Crippen molar-refractivity contribution in [1.82, 2.24) is 9.78 Å². The van der Waals surface area contributed by atoms with Gasteiger partial charge in [0.1, 0.15) is 11.5 Å². The number of carbonyl (C=O) groups is 1. The third-order valence-corrected chi connectivity index (χ3v) is 4.62. The molecular weight excluding hydrogens is 354 g/mol. The monoisotopic (exact) mass is 373 g/mol. The van der Waals surface area contributed by atoms with Crippen LogP contribution in [-0.2, 0) is 6.54 Å². The first kappa shape index (κ1) is 17.8. The average Bonchev–Trinajstić information content (AvgIpc) is 3.15. The summed E-state index contributed by atoms with van der Waals surface area (Å²) in [4.78, 5) is 12.6. The fourth-order valence-electron chi connectivity index (χ4n) is 3.19. The zero-order valence-corrected chi connectivity index (χ0v) is 15.1. The molecule has 0 saturated carbocycles. The summed E-state index contributed by atoms with van der Waals surface area (Å²) in [5.74, 6) is 0.900. The maximum Gasteiger partial charge on any atom is 0.276 e. The zero-order chi connectivity index (χ0) is 19.5. The van der Waals surface area contributed by atoms with Crippen LogP contribution in [0.5, 0.6) is 11.5 Å². The molecule has 0 saturated heterocycles. The Hall–Kier alpha value is -3.63. The molecule has 28 heavy (non-hydrogen) atoms. The Morgan fingerprint density at radius 2 is 2.04 bits per heavy atom. The molecule has 0 bridgehead atoms. The number of carbonyl (C=O) groups excluding carboxylic acids is 1. The van der Waals surface area contributed by atoms with Crippen molar-refractivity contribution in [2.75, 3.05) is 5.32 Å². The molecular formula is C21H19N5O2. The quantitative estimate of drug-likeness (QED) is 0.727. The number of hydrogen-bond donors (Lipinski definition) is 2. The lowest BCUT2D eigenvalue weighted by Gasteiger charge is -2.19. The van der Waals surface area contributed by atoms with Gasteiger partial charge in [-0.3, -0.25) is 9.48 Å². The minimum atomic E-state index is -0.287. The molecule has 1 amide bonds. The largest absolute Gasteiger partial charge is 0.457 e. The number of benzene rings is 2. The number of fused-ring (bicyclic) bond motifs is 1. The van der Waals surface area contributed by atoms with E-state index >= 15 is 0 Å². The number of rotatable bonds is 4. The maximum atomic E-state index is 12.6. The normalized spacial score (nSPS) is 15.4. The van der Waals surface area contributed by atoms with Gasteiger partial charge in [0.05, 0.1) is 17.3 Å². The molecule has 4 rings (SSSR count). The van der Waals surface area contributed by atoms with Crippen molar-refractivity contribution in [3.05, 3.63) is 71.5 Å². The molecule has 1 aliphatic rings. The molecule has 1 atom stereocenters. The number of anilines is 1. The molecule has 0 aliphatic carbocycles. The van der Waals surface area contributed by atoms with Crippen LogP contribution >= 0.6 is 0 Å². The number of nitriles is 1. The van der Waals surface area contributed by atoms with Gasteiger partial charge in [0, 0.05) is 24.3 Å². The van der Waals surface area contributed by atoms with Gasteiger partial charge in [-0.05, 0) is 55.3 Å². The minimum absolute atomic E-state index is 0.0769. The first-order valence-corrected chi connectivity index (χ1v) is 9.05. The van der Waals surface area contributed by atoms with Gasteiger partial charge in [0.15, 0.2) is 5.69 Å². The number of nitrogens with one attached hydrogen (secondary N) is 1. The summed E-state index contributed by atoms with van der Waals surface area (Å²) in [6.45, 7) is 0.782. The molecule has 2 aromatic carbocycles. The highest BCUT2D eigenvalue weighted by Gasteiger charge is 2.22. The summed E-state index contributed by atoms with van der Waals surface area (Å²) >= 11 is 0. The van der Waals surface area contributed by atoms with Crippen molar-refractivity contribution < 1.29 is 9.53 Å². The smallest absolute Gasteiger partial charge is 0.276 e. The number of amides is 1. The van der Waals surface area contributed by atoms with Crippen LogP contribution in [0.3, 0.4) is 0 Å². The maximum absolute atomic E-state index is 12.6. The Labute approximate surface area is 162 Å². The molecule has 3 aromatic rings. The number of nitrogens with two attached hydrogens (primary N) is 1. The summed E-state index contributed by atoms with van der Waals surface area (Å²) < 4.78 is 7.60. The molecule has 7 nitrogen and oxygen atoms in total. The number of hydrogen-bond acceptors (Lipinski definition) is 5. The second kappa shape index (κ2) is 7.55. The van der Waals surface area contributed by atoms with Crippen LogP contribution in [0.25, 0.3) is 0 Å². The van der Waals surface area contributed by atoms with E-state index in [0.29, 0.717) is 28.4 Å². The van der Waals surface area contributed by atoms with E-state index in [2.05, 4.69) is 16.5 Å². The van der Waals surface area contributed by atoms with E-state index in [-0.39, 0.29) is 11.9 Å². The van der Waals surface area contributed by atoms with Crippen LogP contribution in [0.4, 0.5) is 5.69 Å². The van der Waals surface area contributed by atoms with Crippen molar-refractivity contribution in [3.8, 4) is 17.6 Å². The second-order valence-electron chi connectivity index (χ2n) is 6.65. The minimum Gasteiger partial charge on any atom is -0.457 e. The molecule has 0 fully saturated rings. The van der Waals surface area contributed by atoms with Crippen molar-refractivity contribution in [2.45, 2.75) is 25.4 Å². The lowest BCUT2D eigenvalue weighted by molar-refractivity contribution is 0.102. The van der Waals surface area contributed by atoms with E-state index in [1.165, 1.54) is 0 Å². The highest BCUT2D eigenvalue weighted by atomic mass is 16.5. The van der Waals surface area contributed by atoms with Crippen LogP contribution in [0, 0.1) is 11.3 Å². The Balaban J connectivity index is 1.47. The van der Waals surface area contributed by atoms with Gasteiger partial charge in [-0.15, -0.1) is 0 Å². The number of ether oxygens (including phenoxy) is 1. The summed E-state index contributed by atoms with van der Waals surface area (Å²) in [7, 11) is 0. The summed E-state index contributed by atoms with van der Waals surface area (Å²) in [6.07, 6.45) is 1.87. The van der Waals surface area contributed by atoms with E-state index in [9.17, 15) is 4.79 Å². The molecule has 1 unspecified atom stereocenters. The van der Waals surface area contributed by atoms with Crippen LogP contribution in [0.2, 0.25) is 0 Å². The fraction of sp³-hybridized carbons (Fsp3) is 0.190. The molecule has 0 radical (unpaired) electrons. The van der Waals surface area contributed by atoms with E-state index in [4.69, 9.17) is 15.7 Å². The Kier molecular flexibility index (Phi) is 4.79. The van der Waals surface area contributed by atoms with Crippen molar-refractivity contribution in [3.63, 3.8) is 0 Å². The van der Waals surface area contributed by atoms with Gasteiger partial charge < -0.3 is 15.8 Å². The van der Waals surface area contributed by atoms with E-state index in [1.54, 1.807) is 54.6 Å². The van der Waals surface area contributed by atoms with Gasteiger partial charge >= 0.3 is 0 Å². The number of aryl methyl sites for hydroxylation is 1. The number of nitrogens with zero attached hydrogens (tertiary/aromatic N) is 3. The van der Waals surface area contributed by atoms with Crippen LogP contribution < -0.4 is 15.8 Å². The first-order chi connectivity index (χ1) is 13.6. The standard InChI is InChI=1S/C21H19N5O2/c22-13-14-6-8-16(9-7-14)28-17-4-1-3-15(11-17)24-21(27)19-12-20-18(23)5-2-10-26(20)25-19/h1,3-4,6-9,11-12,18H,2,5,10,23H2,(H,24,27). The topological polar surface area (TPSA) is 106 Å². The fourth-order valence-corrected chi connectivity index (χ4v) is 3.19. The van der Waals surface area contributed by atoms with Crippen molar-refractivity contribution in [2.24, 2.45) is 5.73 Å². The Morgan fingerprint density at radius 3 is 2.79 bits per heavy atom. The molecule has 140 valence electrons. The third-order valence-electron chi connectivity index (χ3n) is 4.62. The first-order valence-electron chi connectivity index (χ1n) is 9.05. The Bertz CT molecular complexity index is 1050. The van der Waals surface area contributed by atoms with Crippen LogP contribution in [0.1, 0.15) is 40.6 Å². The Morgan fingerprint density at radius 1 is 1.21 bits per heavy atom. The SMILES string of the molecule is N#Cc1ccc(Oc2cccc(NC(=O)c3cc4n(n3)CCCC4N)c2)cc1. The summed E-state index contributed by atoms with van der Waals surface area (Å²) in [5, 5.41) is 16.1. The average molecular weight is 373 g/mol. The van der Waals surface area contributed by atoms with Crippen LogP contribution in [-0.4, -0.2) is 15.7 Å². The van der Waals surface area contributed by atoms with E-state index < -0.39 is 0 Å². The predicted octanol–water partition coefficient (Wildman–Crippen LogP) is 3.59. The summed E-state index contributed by atoms with van der Waals surface area (Å²) in [5.41, 5.74) is 8.52. The third kappa shape index (κ3) is 3.72. The van der Waals surface area contributed by atoms with Crippen molar-refractivity contribution in [1.29, 1.82) is 5.26 Å². The number of aromatic nitrogens is 2.